The Morgan fingerprint density at radius 2 is 2.24 bits per heavy atom. The number of hydrogen-bond acceptors (Lipinski definition) is 4. The van der Waals surface area contributed by atoms with E-state index in [2.05, 4.69) is 15.6 Å². The quantitative estimate of drug-likeness (QED) is 0.906. The minimum atomic E-state index is -0.803. The number of halogens is 2. The maximum Gasteiger partial charge on any atom is 0.264 e. The molecule has 1 atom stereocenters. The topological polar surface area (TPSA) is 68.5 Å². The fourth-order valence-corrected chi connectivity index (χ4v) is 3.07. The van der Waals surface area contributed by atoms with Crippen molar-refractivity contribution in [1.29, 1.82) is 0 Å². The van der Waals surface area contributed by atoms with Gasteiger partial charge in [-0.15, -0.1) is 0 Å². The molecule has 3 rings (SSSR count). The first kappa shape index (κ1) is 17.4. The van der Waals surface area contributed by atoms with E-state index in [-0.39, 0.29) is 22.9 Å². The van der Waals surface area contributed by atoms with Gasteiger partial charge in [0.1, 0.15) is 5.82 Å². The Labute approximate surface area is 149 Å². The van der Waals surface area contributed by atoms with Gasteiger partial charge in [-0.2, -0.15) is 5.10 Å². The van der Waals surface area contributed by atoms with E-state index in [0.717, 1.165) is 17.0 Å². The third-order valence-electron chi connectivity index (χ3n) is 4.31. The number of carbonyl (C=O) groups is 1. The van der Waals surface area contributed by atoms with Crippen molar-refractivity contribution < 1.29 is 14.0 Å². The molecule has 1 aliphatic rings. The Hall–Kier alpha value is -2.41. The average Bonchev–Trinajstić information content (AvgIpc) is 3.12. The monoisotopic (exact) mass is 364 g/mol. The van der Waals surface area contributed by atoms with Gasteiger partial charge in [-0.1, -0.05) is 22.8 Å². The van der Waals surface area contributed by atoms with Gasteiger partial charge in [0.2, 0.25) is 6.10 Å². The minimum absolute atomic E-state index is 0.164. The first-order valence-corrected chi connectivity index (χ1v) is 8.20. The van der Waals surface area contributed by atoms with Crippen LogP contribution in [0, 0.1) is 19.7 Å². The minimum Gasteiger partial charge on any atom is -0.382 e. The SMILES string of the molecule is Cc1nn(C)c(C)c1CNC(=O)C1CC(c2c(F)cccc2Cl)=NO1. The van der Waals surface area contributed by atoms with Crippen molar-refractivity contribution in [2.45, 2.75) is 32.9 Å². The van der Waals surface area contributed by atoms with Crippen LogP contribution >= 0.6 is 11.6 Å². The van der Waals surface area contributed by atoms with Crippen molar-refractivity contribution in [3.05, 3.63) is 51.6 Å². The van der Waals surface area contributed by atoms with Crippen molar-refractivity contribution in [2.24, 2.45) is 12.2 Å². The summed E-state index contributed by atoms with van der Waals surface area (Å²) in [5.74, 6) is -0.800. The Bertz CT molecular complexity index is 842. The molecule has 0 saturated carbocycles. The van der Waals surface area contributed by atoms with Gasteiger partial charge in [0.25, 0.3) is 5.91 Å². The van der Waals surface area contributed by atoms with Crippen LogP contribution in [-0.4, -0.2) is 27.5 Å². The lowest BCUT2D eigenvalue weighted by molar-refractivity contribution is -0.131. The van der Waals surface area contributed by atoms with E-state index in [0.29, 0.717) is 12.3 Å². The molecule has 6 nitrogen and oxygen atoms in total. The normalized spacial score (nSPS) is 16.5. The number of nitrogens with zero attached hydrogens (tertiary/aromatic N) is 3. The van der Waals surface area contributed by atoms with Gasteiger partial charge in [-0.3, -0.25) is 9.48 Å². The number of benzene rings is 1. The number of aromatic nitrogens is 2. The van der Waals surface area contributed by atoms with E-state index in [4.69, 9.17) is 16.4 Å². The summed E-state index contributed by atoms with van der Waals surface area (Å²) in [5, 5.41) is 11.2. The molecule has 0 spiro atoms. The van der Waals surface area contributed by atoms with Crippen LogP contribution in [0.3, 0.4) is 0 Å². The highest BCUT2D eigenvalue weighted by Gasteiger charge is 2.31. The van der Waals surface area contributed by atoms with Crippen LogP contribution < -0.4 is 5.32 Å². The van der Waals surface area contributed by atoms with Crippen LogP contribution in [0.25, 0.3) is 0 Å². The van der Waals surface area contributed by atoms with Gasteiger partial charge in [-0.05, 0) is 26.0 Å². The molecule has 0 saturated heterocycles. The van der Waals surface area contributed by atoms with Crippen molar-refractivity contribution in [3.8, 4) is 0 Å². The Morgan fingerprint density at radius 3 is 2.88 bits per heavy atom. The van der Waals surface area contributed by atoms with E-state index in [1.165, 1.54) is 12.1 Å². The summed E-state index contributed by atoms with van der Waals surface area (Å²) in [4.78, 5) is 17.5. The number of carbonyl (C=O) groups excluding carboxylic acids is 1. The lowest BCUT2D eigenvalue weighted by atomic mass is 10.0. The molecule has 1 aromatic heterocycles. The summed E-state index contributed by atoms with van der Waals surface area (Å²) >= 11 is 6.03. The van der Waals surface area contributed by atoms with Crippen molar-refractivity contribution in [3.63, 3.8) is 0 Å². The smallest absolute Gasteiger partial charge is 0.264 e. The molecule has 1 aromatic carbocycles. The predicted octanol–water partition coefficient (Wildman–Crippen LogP) is 2.64. The first-order chi connectivity index (χ1) is 11.9. The maximum atomic E-state index is 14.0. The second-order valence-electron chi connectivity index (χ2n) is 5.92. The van der Waals surface area contributed by atoms with Crippen LogP contribution in [0.4, 0.5) is 4.39 Å². The standard InChI is InChI=1S/C17H18ClFN4O2/c1-9-11(10(2)23(3)21-9)8-20-17(24)15-7-14(22-25-15)16-12(18)5-4-6-13(16)19/h4-6,15H,7-8H2,1-3H3,(H,20,24). The first-order valence-electron chi connectivity index (χ1n) is 7.82. The van der Waals surface area contributed by atoms with E-state index < -0.39 is 11.9 Å². The van der Waals surface area contributed by atoms with Gasteiger partial charge in [0, 0.05) is 31.3 Å². The molecule has 0 bridgehead atoms. The van der Waals surface area contributed by atoms with Gasteiger partial charge in [0.15, 0.2) is 0 Å². The summed E-state index contributed by atoms with van der Waals surface area (Å²) in [5.41, 5.74) is 3.32. The molecule has 2 aromatic rings. The molecule has 0 aliphatic carbocycles. The highest BCUT2D eigenvalue weighted by molar-refractivity contribution is 6.34. The van der Waals surface area contributed by atoms with Crippen LogP contribution in [-0.2, 0) is 23.2 Å². The molecule has 8 heteroatoms. The van der Waals surface area contributed by atoms with Crippen molar-refractivity contribution in [1.82, 2.24) is 15.1 Å². The zero-order valence-corrected chi connectivity index (χ0v) is 14.9. The van der Waals surface area contributed by atoms with E-state index in [1.54, 1.807) is 10.7 Å². The molecule has 132 valence electrons. The molecule has 0 radical (unpaired) electrons. The third-order valence-corrected chi connectivity index (χ3v) is 4.63. The summed E-state index contributed by atoms with van der Waals surface area (Å²) in [6, 6.07) is 4.38. The zero-order chi connectivity index (χ0) is 18.1. The number of amides is 1. The van der Waals surface area contributed by atoms with Gasteiger partial charge < -0.3 is 10.2 Å². The van der Waals surface area contributed by atoms with Crippen LogP contribution in [0.5, 0.6) is 0 Å². The average molecular weight is 365 g/mol. The molecule has 1 unspecified atom stereocenters. The largest absolute Gasteiger partial charge is 0.382 e. The molecule has 25 heavy (non-hydrogen) atoms. The third kappa shape index (κ3) is 3.37. The summed E-state index contributed by atoms with van der Waals surface area (Å²) in [6.07, 6.45) is -0.639. The highest BCUT2D eigenvalue weighted by atomic mass is 35.5. The molecular weight excluding hydrogens is 347 g/mol. The maximum absolute atomic E-state index is 14.0. The Morgan fingerprint density at radius 1 is 1.48 bits per heavy atom. The van der Waals surface area contributed by atoms with Crippen LogP contribution in [0.1, 0.15) is 28.9 Å². The van der Waals surface area contributed by atoms with Crippen LogP contribution in [0.2, 0.25) is 5.02 Å². The molecule has 1 aliphatic heterocycles. The Balaban J connectivity index is 1.64. The number of oxime groups is 1. The fraction of sp³-hybridized carbons (Fsp3) is 0.353. The summed E-state index contributed by atoms with van der Waals surface area (Å²) < 4.78 is 15.7. The lowest BCUT2D eigenvalue weighted by Gasteiger charge is -2.10. The highest BCUT2D eigenvalue weighted by Crippen LogP contribution is 2.25. The van der Waals surface area contributed by atoms with E-state index >= 15 is 0 Å². The van der Waals surface area contributed by atoms with E-state index in [1.807, 2.05) is 20.9 Å². The summed E-state index contributed by atoms with van der Waals surface area (Å²) in [6.45, 7) is 4.18. The lowest BCUT2D eigenvalue weighted by Crippen LogP contribution is -2.34. The molecular formula is C17H18ClFN4O2. The number of nitrogens with one attached hydrogen (secondary N) is 1. The second kappa shape index (κ2) is 6.84. The molecule has 0 fully saturated rings. The zero-order valence-electron chi connectivity index (χ0n) is 14.1. The second-order valence-corrected chi connectivity index (χ2v) is 6.33. The van der Waals surface area contributed by atoms with Gasteiger partial charge >= 0.3 is 0 Å². The predicted molar refractivity (Wildman–Crippen MR) is 92.0 cm³/mol. The van der Waals surface area contributed by atoms with E-state index in [9.17, 15) is 9.18 Å². The number of aryl methyl sites for hydroxylation is 2. The molecule has 2 heterocycles. The van der Waals surface area contributed by atoms with Gasteiger partial charge in [-0.25, -0.2) is 4.39 Å². The molecule has 1 amide bonds. The molecule has 1 N–H and O–H groups in total. The fourth-order valence-electron chi connectivity index (χ4n) is 2.80. The number of rotatable bonds is 4. The van der Waals surface area contributed by atoms with Crippen molar-refractivity contribution in [2.75, 3.05) is 0 Å². The van der Waals surface area contributed by atoms with Crippen molar-refractivity contribution >= 4 is 23.2 Å². The van der Waals surface area contributed by atoms with Crippen LogP contribution in [0.15, 0.2) is 23.4 Å². The summed E-state index contributed by atoms with van der Waals surface area (Å²) in [7, 11) is 1.85. The Kier molecular flexibility index (Phi) is 4.76. The van der Waals surface area contributed by atoms with Gasteiger partial charge in [0.05, 0.1) is 22.0 Å². The number of hydrogen-bond donors (Lipinski definition) is 1.